The van der Waals surface area contributed by atoms with E-state index in [4.69, 9.17) is 0 Å². The number of rotatable bonds is 3. The number of aromatic nitrogens is 1. The molecule has 0 radical (unpaired) electrons. The quantitative estimate of drug-likeness (QED) is 0.760. The molecule has 1 aromatic heterocycles. The zero-order valence-electron chi connectivity index (χ0n) is 7.38. The summed E-state index contributed by atoms with van der Waals surface area (Å²) in [5.41, 5.74) is 1.49. The minimum atomic E-state index is 0.0555. The Morgan fingerprint density at radius 1 is 1.62 bits per heavy atom. The Morgan fingerprint density at radius 2 is 2.31 bits per heavy atom. The third-order valence-corrected chi connectivity index (χ3v) is 2.04. The van der Waals surface area contributed by atoms with E-state index in [1.807, 2.05) is 6.07 Å². The first kappa shape index (κ1) is 10.1. The maximum Gasteiger partial charge on any atom is 0.162 e. The van der Waals surface area contributed by atoms with Gasteiger partial charge in [0.15, 0.2) is 5.78 Å². The average molecular weight is 240 g/mol. The number of pyridine rings is 1. The van der Waals surface area contributed by atoms with Crippen LogP contribution in [-0.2, 0) is 11.2 Å². The molecule has 0 atom stereocenters. The molecule has 0 unspecified atom stereocenters. The maximum absolute atomic E-state index is 11.3. The van der Waals surface area contributed by atoms with E-state index in [9.17, 15) is 4.79 Å². The van der Waals surface area contributed by atoms with Gasteiger partial charge in [-0.05, 0) is 40.1 Å². The summed E-state index contributed by atoms with van der Waals surface area (Å²) in [7, 11) is 0. The van der Waals surface area contributed by atoms with Crippen molar-refractivity contribution >= 4 is 21.7 Å². The van der Waals surface area contributed by atoms with Crippen LogP contribution >= 0.6 is 15.9 Å². The molecule has 0 bridgehead atoms. The minimum Gasteiger partial charge on any atom is -0.294 e. The van der Waals surface area contributed by atoms with Gasteiger partial charge in [0.2, 0.25) is 0 Å². The second-order valence-electron chi connectivity index (χ2n) is 2.89. The molecule has 1 rings (SSSR count). The van der Waals surface area contributed by atoms with Crippen molar-refractivity contribution < 1.29 is 4.79 Å². The molecular formula is C10H10BrNO. The number of halogens is 1. The fourth-order valence-corrected chi connectivity index (χ4v) is 1.30. The smallest absolute Gasteiger partial charge is 0.162 e. The SMILES string of the molecule is C=C(C)C(=O)Cc1cncc(Br)c1. The Kier molecular flexibility index (Phi) is 3.37. The second-order valence-corrected chi connectivity index (χ2v) is 3.81. The summed E-state index contributed by atoms with van der Waals surface area (Å²) in [6, 6.07) is 1.88. The highest BCUT2D eigenvalue weighted by molar-refractivity contribution is 9.10. The van der Waals surface area contributed by atoms with Crippen LogP contribution in [0, 0.1) is 0 Å². The number of hydrogen-bond donors (Lipinski definition) is 0. The molecule has 0 aromatic carbocycles. The summed E-state index contributed by atoms with van der Waals surface area (Å²) in [6.07, 6.45) is 3.75. The molecule has 0 spiro atoms. The molecule has 2 nitrogen and oxygen atoms in total. The molecule has 0 saturated heterocycles. The highest BCUT2D eigenvalue weighted by Crippen LogP contribution is 2.11. The third kappa shape index (κ3) is 3.11. The molecule has 0 N–H and O–H groups in total. The van der Waals surface area contributed by atoms with E-state index in [-0.39, 0.29) is 5.78 Å². The lowest BCUT2D eigenvalue weighted by Crippen LogP contribution is -2.03. The molecule has 3 heteroatoms. The van der Waals surface area contributed by atoms with Crippen LogP contribution in [0.3, 0.4) is 0 Å². The molecule has 0 aliphatic carbocycles. The Labute approximate surface area is 85.8 Å². The highest BCUT2D eigenvalue weighted by Gasteiger charge is 2.04. The first-order valence-electron chi connectivity index (χ1n) is 3.87. The van der Waals surface area contributed by atoms with Gasteiger partial charge in [-0.25, -0.2) is 0 Å². The van der Waals surface area contributed by atoms with E-state index in [1.165, 1.54) is 0 Å². The Balaban J connectivity index is 2.75. The molecule has 13 heavy (non-hydrogen) atoms. The number of nitrogens with zero attached hydrogens (tertiary/aromatic N) is 1. The fraction of sp³-hybridized carbons (Fsp3) is 0.200. The van der Waals surface area contributed by atoms with Crippen LogP contribution in [0.15, 0.2) is 35.1 Å². The maximum atomic E-state index is 11.3. The summed E-state index contributed by atoms with van der Waals surface area (Å²) in [5, 5.41) is 0. The van der Waals surface area contributed by atoms with Crippen molar-refractivity contribution in [1.29, 1.82) is 0 Å². The summed E-state index contributed by atoms with van der Waals surface area (Å²) in [5.74, 6) is 0.0555. The van der Waals surface area contributed by atoms with Gasteiger partial charge in [0.25, 0.3) is 0 Å². The van der Waals surface area contributed by atoms with Gasteiger partial charge < -0.3 is 0 Å². The first-order chi connectivity index (χ1) is 6.09. The van der Waals surface area contributed by atoms with Crippen molar-refractivity contribution in [2.24, 2.45) is 0 Å². The van der Waals surface area contributed by atoms with Crippen LogP contribution in [0.2, 0.25) is 0 Å². The Hall–Kier alpha value is -0.960. The first-order valence-corrected chi connectivity index (χ1v) is 4.67. The summed E-state index contributed by atoms with van der Waals surface area (Å²) < 4.78 is 0.888. The zero-order valence-corrected chi connectivity index (χ0v) is 8.97. The average Bonchev–Trinajstić information content (AvgIpc) is 2.04. The van der Waals surface area contributed by atoms with Gasteiger partial charge in [-0.3, -0.25) is 9.78 Å². The van der Waals surface area contributed by atoms with Crippen molar-refractivity contribution in [3.05, 3.63) is 40.6 Å². The van der Waals surface area contributed by atoms with Gasteiger partial charge >= 0.3 is 0 Å². The molecule has 0 aliphatic rings. The van der Waals surface area contributed by atoms with Crippen molar-refractivity contribution in [2.75, 3.05) is 0 Å². The lowest BCUT2D eigenvalue weighted by Gasteiger charge is -1.99. The van der Waals surface area contributed by atoms with Crippen LogP contribution < -0.4 is 0 Å². The predicted octanol–water partition coefficient (Wildman–Crippen LogP) is 2.53. The normalized spacial score (nSPS) is 9.69. The minimum absolute atomic E-state index is 0.0555. The summed E-state index contributed by atoms with van der Waals surface area (Å²) >= 11 is 3.29. The second kappa shape index (κ2) is 4.33. The van der Waals surface area contributed by atoms with Crippen LogP contribution in [0.1, 0.15) is 12.5 Å². The van der Waals surface area contributed by atoms with Gasteiger partial charge in [0.05, 0.1) is 0 Å². The van der Waals surface area contributed by atoms with Crippen molar-refractivity contribution in [1.82, 2.24) is 4.98 Å². The van der Waals surface area contributed by atoms with E-state index >= 15 is 0 Å². The van der Waals surface area contributed by atoms with E-state index in [0.717, 1.165) is 10.0 Å². The summed E-state index contributed by atoms with van der Waals surface area (Å²) in [4.78, 5) is 15.2. The van der Waals surface area contributed by atoms with Crippen molar-refractivity contribution in [3.63, 3.8) is 0 Å². The van der Waals surface area contributed by atoms with Crippen molar-refractivity contribution in [2.45, 2.75) is 13.3 Å². The number of ketones is 1. The van der Waals surface area contributed by atoms with E-state index in [2.05, 4.69) is 27.5 Å². The van der Waals surface area contributed by atoms with Gasteiger partial charge in [-0.15, -0.1) is 0 Å². The van der Waals surface area contributed by atoms with Gasteiger partial charge in [0.1, 0.15) is 0 Å². The molecule has 0 fully saturated rings. The standard InChI is InChI=1S/C10H10BrNO/c1-7(2)10(13)4-8-3-9(11)6-12-5-8/h3,5-6H,1,4H2,2H3. The number of Topliss-reactive ketones (excluding diaryl/α,β-unsaturated/α-hetero) is 1. The molecule has 0 saturated carbocycles. The molecule has 0 aliphatic heterocycles. The fourth-order valence-electron chi connectivity index (χ4n) is 0.889. The largest absolute Gasteiger partial charge is 0.294 e. The number of carbonyl (C=O) groups is 1. The van der Waals surface area contributed by atoms with E-state index in [1.54, 1.807) is 19.3 Å². The van der Waals surface area contributed by atoms with E-state index in [0.29, 0.717) is 12.0 Å². The lowest BCUT2D eigenvalue weighted by atomic mass is 10.1. The monoisotopic (exact) mass is 239 g/mol. The van der Waals surface area contributed by atoms with Gasteiger partial charge in [0, 0.05) is 23.3 Å². The number of carbonyl (C=O) groups excluding carboxylic acids is 1. The van der Waals surface area contributed by atoms with Crippen LogP contribution in [0.4, 0.5) is 0 Å². The zero-order chi connectivity index (χ0) is 9.84. The van der Waals surface area contributed by atoms with E-state index < -0.39 is 0 Å². The Bertz CT molecular complexity index is 347. The Morgan fingerprint density at radius 3 is 2.85 bits per heavy atom. The lowest BCUT2D eigenvalue weighted by molar-refractivity contribution is -0.114. The molecule has 0 amide bonds. The molecule has 68 valence electrons. The molecular weight excluding hydrogens is 230 g/mol. The summed E-state index contributed by atoms with van der Waals surface area (Å²) in [6.45, 7) is 5.31. The predicted molar refractivity (Wildman–Crippen MR) is 55.5 cm³/mol. The van der Waals surface area contributed by atoms with Crippen LogP contribution in [-0.4, -0.2) is 10.8 Å². The topological polar surface area (TPSA) is 30.0 Å². The van der Waals surface area contributed by atoms with Crippen LogP contribution in [0.25, 0.3) is 0 Å². The van der Waals surface area contributed by atoms with Crippen LogP contribution in [0.5, 0.6) is 0 Å². The number of allylic oxidation sites excluding steroid dienone is 1. The van der Waals surface area contributed by atoms with Gasteiger partial charge in [-0.1, -0.05) is 6.58 Å². The van der Waals surface area contributed by atoms with Gasteiger partial charge in [-0.2, -0.15) is 0 Å². The number of hydrogen-bond acceptors (Lipinski definition) is 2. The third-order valence-electron chi connectivity index (χ3n) is 1.60. The highest BCUT2D eigenvalue weighted by atomic mass is 79.9. The molecule has 1 aromatic rings. The molecule has 1 heterocycles. The van der Waals surface area contributed by atoms with Crippen molar-refractivity contribution in [3.8, 4) is 0 Å².